The van der Waals surface area contributed by atoms with E-state index in [2.05, 4.69) is 82.8 Å². The van der Waals surface area contributed by atoms with Crippen molar-refractivity contribution in [3.05, 3.63) is 95.1 Å². The van der Waals surface area contributed by atoms with Gasteiger partial charge in [-0.05, 0) is 70.0 Å². The standard InChI is InChI=1S/C28H26N2/c1-29-18-24-16-20(14-22-10-4-6-12-25(22)24)8-2-3-9-21-15-23-11-5-7-13-26(23)27(17-21)28-19-30-28/h4-7,10-19,28H,2-3,8-9H2,1H3/b29-18+. The van der Waals surface area contributed by atoms with Gasteiger partial charge in [0.15, 0.2) is 0 Å². The first-order valence-corrected chi connectivity index (χ1v) is 10.8. The van der Waals surface area contributed by atoms with Crippen molar-refractivity contribution >= 4 is 34.0 Å². The van der Waals surface area contributed by atoms with E-state index < -0.39 is 0 Å². The largest absolute Gasteiger partial charge is 0.296 e. The molecule has 4 aromatic carbocycles. The molecular weight excluding hydrogens is 364 g/mol. The maximum atomic E-state index is 4.41. The van der Waals surface area contributed by atoms with E-state index in [-0.39, 0.29) is 0 Å². The van der Waals surface area contributed by atoms with Gasteiger partial charge in [0.2, 0.25) is 0 Å². The van der Waals surface area contributed by atoms with Crippen LogP contribution in [0.4, 0.5) is 0 Å². The van der Waals surface area contributed by atoms with E-state index in [4.69, 9.17) is 0 Å². The maximum Gasteiger partial charge on any atom is 0.110 e. The zero-order chi connectivity index (χ0) is 20.3. The highest BCUT2D eigenvalue weighted by Gasteiger charge is 2.19. The molecule has 0 amide bonds. The van der Waals surface area contributed by atoms with Crippen molar-refractivity contribution in [3.8, 4) is 0 Å². The average Bonchev–Trinajstić information content (AvgIpc) is 3.62. The first-order chi connectivity index (χ1) is 14.8. The van der Waals surface area contributed by atoms with Crippen molar-refractivity contribution in [1.82, 2.24) is 0 Å². The zero-order valence-corrected chi connectivity index (χ0v) is 17.4. The molecule has 0 N–H and O–H groups in total. The van der Waals surface area contributed by atoms with E-state index in [1.807, 2.05) is 19.5 Å². The molecule has 0 spiro atoms. The predicted molar refractivity (Wildman–Crippen MR) is 129 cm³/mol. The van der Waals surface area contributed by atoms with Gasteiger partial charge in [-0.15, -0.1) is 0 Å². The van der Waals surface area contributed by atoms with Crippen LogP contribution in [-0.2, 0) is 12.8 Å². The van der Waals surface area contributed by atoms with Crippen LogP contribution in [0.1, 0.15) is 41.1 Å². The Hall–Kier alpha value is -3.26. The van der Waals surface area contributed by atoms with Crippen LogP contribution in [0.5, 0.6) is 0 Å². The monoisotopic (exact) mass is 390 g/mol. The van der Waals surface area contributed by atoms with Crippen LogP contribution in [0, 0.1) is 0 Å². The van der Waals surface area contributed by atoms with Crippen LogP contribution in [0.25, 0.3) is 21.5 Å². The van der Waals surface area contributed by atoms with Gasteiger partial charge in [-0.25, -0.2) is 0 Å². The Morgan fingerprint density at radius 3 is 2.07 bits per heavy atom. The van der Waals surface area contributed by atoms with Crippen LogP contribution in [0.3, 0.4) is 0 Å². The molecule has 148 valence electrons. The molecule has 0 saturated carbocycles. The second kappa shape index (κ2) is 8.23. The topological polar surface area (TPSA) is 24.7 Å². The lowest BCUT2D eigenvalue weighted by Gasteiger charge is -2.10. The average molecular weight is 391 g/mol. The molecule has 0 saturated heterocycles. The molecule has 1 aliphatic heterocycles. The fourth-order valence-electron chi connectivity index (χ4n) is 4.45. The number of rotatable bonds is 7. The van der Waals surface area contributed by atoms with Gasteiger partial charge in [-0.1, -0.05) is 66.7 Å². The number of aliphatic imine (C=N–C) groups is 2. The Morgan fingerprint density at radius 2 is 1.40 bits per heavy atom. The second-order valence-electron chi connectivity index (χ2n) is 8.15. The Kier molecular flexibility index (Phi) is 5.15. The molecule has 1 unspecified atom stereocenters. The number of hydrogen-bond acceptors (Lipinski definition) is 2. The molecule has 2 nitrogen and oxygen atoms in total. The third-order valence-corrected chi connectivity index (χ3v) is 5.97. The van der Waals surface area contributed by atoms with Crippen LogP contribution in [-0.4, -0.2) is 19.5 Å². The number of nitrogens with zero attached hydrogens (tertiary/aromatic N) is 2. The highest BCUT2D eigenvalue weighted by Crippen LogP contribution is 2.33. The van der Waals surface area contributed by atoms with Gasteiger partial charge in [-0.2, -0.15) is 0 Å². The van der Waals surface area contributed by atoms with Crippen molar-refractivity contribution in [2.45, 2.75) is 31.7 Å². The van der Waals surface area contributed by atoms with Crippen molar-refractivity contribution in [3.63, 3.8) is 0 Å². The molecule has 1 aliphatic rings. The molecule has 2 heteroatoms. The summed E-state index contributed by atoms with van der Waals surface area (Å²) >= 11 is 0. The molecule has 0 radical (unpaired) electrons. The van der Waals surface area contributed by atoms with E-state index >= 15 is 0 Å². The second-order valence-corrected chi connectivity index (χ2v) is 8.15. The summed E-state index contributed by atoms with van der Waals surface area (Å²) in [4.78, 5) is 8.66. The summed E-state index contributed by atoms with van der Waals surface area (Å²) in [6.07, 6.45) is 8.60. The van der Waals surface area contributed by atoms with E-state index in [9.17, 15) is 0 Å². The highest BCUT2D eigenvalue weighted by molar-refractivity contribution is 6.00. The Morgan fingerprint density at radius 1 is 0.800 bits per heavy atom. The van der Waals surface area contributed by atoms with Gasteiger partial charge in [0.05, 0.1) is 0 Å². The van der Waals surface area contributed by atoms with Crippen molar-refractivity contribution in [1.29, 1.82) is 0 Å². The molecule has 0 aliphatic carbocycles. The fourth-order valence-corrected chi connectivity index (χ4v) is 4.45. The van der Waals surface area contributed by atoms with E-state index in [1.165, 1.54) is 56.6 Å². The summed E-state index contributed by atoms with van der Waals surface area (Å²) in [5, 5.41) is 5.25. The highest BCUT2D eigenvalue weighted by atomic mass is 14.9. The number of fused-ring (bicyclic) bond motifs is 2. The van der Waals surface area contributed by atoms with Gasteiger partial charge in [0.25, 0.3) is 0 Å². The summed E-state index contributed by atoms with van der Waals surface area (Å²) < 4.78 is 0. The summed E-state index contributed by atoms with van der Waals surface area (Å²) in [5.74, 6) is 0. The molecular formula is C28H26N2. The molecule has 30 heavy (non-hydrogen) atoms. The lowest BCUT2D eigenvalue weighted by molar-refractivity contribution is 0.734. The summed E-state index contributed by atoms with van der Waals surface area (Å²) in [5.41, 5.74) is 5.40. The summed E-state index contributed by atoms with van der Waals surface area (Å²) in [6.45, 7) is 0. The minimum absolute atomic E-state index is 0.297. The normalized spacial score (nSPS) is 15.4. The number of unbranched alkanes of at least 4 members (excludes halogenated alkanes) is 1. The third kappa shape index (κ3) is 3.91. The summed E-state index contributed by atoms with van der Waals surface area (Å²) in [7, 11) is 1.84. The number of hydrogen-bond donors (Lipinski definition) is 0. The van der Waals surface area contributed by atoms with Gasteiger partial charge >= 0.3 is 0 Å². The van der Waals surface area contributed by atoms with Crippen LogP contribution < -0.4 is 0 Å². The predicted octanol–water partition coefficient (Wildman–Crippen LogP) is 6.73. The van der Waals surface area contributed by atoms with E-state index in [1.54, 1.807) is 0 Å². The van der Waals surface area contributed by atoms with Crippen LogP contribution in [0.15, 0.2) is 82.8 Å². The lowest BCUT2D eigenvalue weighted by atomic mass is 9.95. The van der Waals surface area contributed by atoms with E-state index in [0.717, 1.165) is 12.8 Å². The SMILES string of the molecule is C/N=C/c1cc(CCCCc2cc(C3C=N3)c3ccccc3c2)cc2ccccc12. The maximum absolute atomic E-state index is 4.41. The third-order valence-electron chi connectivity index (χ3n) is 5.97. The number of benzene rings is 4. The molecule has 1 atom stereocenters. The van der Waals surface area contributed by atoms with Gasteiger partial charge in [0.1, 0.15) is 6.04 Å². The van der Waals surface area contributed by atoms with Crippen LogP contribution in [0.2, 0.25) is 0 Å². The quantitative estimate of drug-likeness (QED) is 0.247. The zero-order valence-electron chi connectivity index (χ0n) is 17.4. The van der Waals surface area contributed by atoms with Gasteiger partial charge in [-0.3, -0.25) is 9.98 Å². The van der Waals surface area contributed by atoms with Crippen molar-refractivity contribution < 1.29 is 0 Å². The van der Waals surface area contributed by atoms with E-state index in [0.29, 0.717) is 6.04 Å². The van der Waals surface area contributed by atoms with Gasteiger partial charge < -0.3 is 0 Å². The Bertz CT molecular complexity index is 1260. The molecule has 0 fully saturated rings. The summed E-state index contributed by atoms with van der Waals surface area (Å²) in [6, 6.07) is 26.9. The molecule has 5 rings (SSSR count). The van der Waals surface area contributed by atoms with Crippen molar-refractivity contribution in [2.24, 2.45) is 9.98 Å². The minimum Gasteiger partial charge on any atom is -0.296 e. The van der Waals surface area contributed by atoms with Crippen LogP contribution >= 0.6 is 0 Å². The Balaban J connectivity index is 1.29. The number of aryl methyl sites for hydroxylation is 2. The molecule has 4 aromatic rings. The molecule has 1 heterocycles. The first-order valence-electron chi connectivity index (χ1n) is 10.8. The molecule has 0 bridgehead atoms. The van der Waals surface area contributed by atoms with Crippen molar-refractivity contribution in [2.75, 3.05) is 7.05 Å². The van der Waals surface area contributed by atoms with Gasteiger partial charge in [0, 0.05) is 25.0 Å². The Labute approximate surface area is 178 Å². The lowest BCUT2D eigenvalue weighted by Crippen LogP contribution is -1.94. The smallest absolute Gasteiger partial charge is 0.110 e. The molecule has 0 aromatic heterocycles. The first kappa shape index (κ1) is 18.7. The fraction of sp³-hybridized carbons (Fsp3) is 0.214. The minimum atomic E-state index is 0.297.